The zero-order chi connectivity index (χ0) is 15.1. The summed E-state index contributed by atoms with van der Waals surface area (Å²) in [7, 11) is 0. The Labute approximate surface area is 121 Å². The van der Waals surface area contributed by atoms with Gasteiger partial charge in [0.25, 0.3) is 5.91 Å². The molecule has 0 spiro atoms. The predicted molar refractivity (Wildman–Crippen MR) is 81.6 cm³/mol. The lowest BCUT2D eigenvalue weighted by atomic mass is 10.1. The quantitative estimate of drug-likeness (QED) is 0.865. The molecule has 0 fully saturated rings. The number of anilines is 1. The maximum Gasteiger partial charge on any atom is 0.256 e. The summed E-state index contributed by atoms with van der Waals surface area (Å²) < 4.78 is 0. The van der Waals surface area contributed by atoms with Crippen molar-refractivity contribution in [2.45, 2.75) is 46.2 Å². The maximum atomic E-state index is 12.7. The van der Waals surface area contributed by atoms with Gasteiger partial charge < -0.3 is 10.2 Å². The third-order valence-corrected chi connectivity index (χ3v) is 2.95. The fourth-order valence-corrected chi connectivity index (χ4v) is 2.03. The van der Waals surface area contributed by atoms with Crippen LogP contribution in [0.25, 0.3) is 0 Å². The average molecular weight is 273 g/mol. The van der Waals surface area contributed by atoms with E-state index < -0.39 is 0 Å². The van der Waals surface area contributed by atoms with Crippen molar-refractivity contribution in [3.05, 3.63) is 29.8 Å². The fourth-order valence-electron chi connectivity index (χ4n) is 2.03. The molecule has 0 aliphatic rings. The number of amides is 1. The molecule has 1 aromatic rings. The van der Waals surface area contributed by atoms with Crippen LogP contribution < -0.4 is 5.32 Å². The van der Waals surface area contributed by atoms with Gasteiger partial charge in [0.1, 0.15) is 0 Å². The van der Waals surface area contributed by atoms with Crippen LogP contribution in [-0.4, -0.2) is 29.4 Å². The molecule has 1 aromatic carbocycles. The van der Waals surface area contributed by atoms with E-state index in [0.29, 0.717) is 18.5 Å². The highest BCUT2D eigenvalue weighted by Gasteiger charge is 2.20. The van der Waals surface area contributed by atoms with Crippen molar-refractivity contribution in [2.24, 2.45) is 0 Å². The first kappa shape index (κ1) is 16.0. The van der Waals surface area contributed by atoms with E-state index in [1.54, 1.807) is 4.90 Å². The second-order valence-corrected chi connectivity index (χ2v) is 5.35. The molecule has 0 aromatic heterocycles. The number of benzene rings is 1. The number of nitrogens with one attached hydrogen (secondary N) is 1. The minimum absolute atomic E-state index is 0.0287. The smallest absolute Gasteiger partial charge is 0.256 e. The van der Waals surface area contributed by atoms with Crippen LogP contribution in [0, 0.1) is 11.3 Å². The van der Waals surface area contributed by atoms with Gasteiger partial charge in [-0.3, -0.25) is 4.79 Å². The molecular formula is C16H23N3O. The second kappa shape index (κ2) is 7.54. The van der Waals surface area contributed by atoms with Crippen molar-refractivity contribution in [1.82, 2.24) is 4.90 Å². The van der Waals surface area contributed by atoms with Gasteiger partial charge in [0.05, 0.1) is 18.1 Å². The maximum absolute atomic E-state index is 12.7. The van der Waals surface area contributed by atoms with Crippen LogP contribution in [0.5, 0.6) is 0 Å². The molecule has 1 N–H and O–H groups in total. The van der Waals surface area contributed by atoms with Crippen molar-refractivity contribution in [2.75, 3.05) is 11.9 Å². The average Bonchev–Trinajstić information content (AvgIpc) is 2.38. The number of nitriles is 1. The Morgan fingerprint density at radius 1 is 1.30 bits per heavy atom. The summed E-state index contributed by atoms with van der Waals surface area (Å²) in [5, 5.41) is 12.0. The third-order valence-electron chi connectivity index (χ3n) is 2.95. The number of hydrogen-bond acceptors (Lipinski definition) is 3. The van der Waals surface area contributed by atoms with Crippen LogP contribution in [0.2, 0.25) is 0 Å². The molecule has 0 atom stereocenters. The molecular weight excluding hydrogens is 250 g/mol. The van der Waals surface area contributed by atoms with Crippen molar-refractivity contribution in [1.29, 1.82) is 5.26 Å². The van der Waals surface area contributed by atoms with Crippen LogP contribution in [0.4, 0.5) is 5.69 Å². The minimum atomic E-state index is -0.0287. The Balaban J connectivity index is 3.02. The fraction of sp³-hybridized carbons (Fsp3) is 0.500. The first-order valence-electron chi connectivity index (χ1n) is 7.00. The third kappa shape index (κ3) is 4.27. The molecule has 0 bridgehead atoms. The summed E-state index contributed by atoms with van der Waals surface area (Å²) in [5.74, 6) is -0.0287. The van der Waals surface area contributed by atoms with Gasteiger partial charge in [0.2, 0.25) is 0 Å². The van der Waals surface area contributed by atoms with Crippen molar-refractivity contribution in [3.8, 4) is 6.07 Å². The standard InChI is InChI=1S/C16H23N3O/c1-12(2)18-15-9-6-5-8-14(15)16(20)19(13(3)4)11-7-10-17/h5-6,8-9,12-13,18H,7,11H2,1-4H3. The molecule has 0 aliphatic heterocycles. The van der Waals surface area contributed by atoms with Gasteiger partial charge in [-0.1, -0.05) is 12.1 Å². The molecule has 0 unspecified atom stereocenters. The first-order chi connectivity index (χ1) is 9.47. The van der Waals surface area contributed by atoms with E-state index in [9.17, 15) is 4.79 Å². The first-order valence-corrected chi connectivity index (χ1v) is 7.00. The summed E-state index contributed by atoms with van der Waals surface area (Å²) in [6.07, 6.45) is 0.351. The lowest BCUT2D eigenvalue weighted by molar-refractivity contribution is 0.0711. The summed E-state index contributed by atoms with van der Waals surface area (Å²) in [5.41, 5.74) is 1.50. The van der Waals surface area contributed by atoms with E-state index in [-0.39, 0.29) is 18.0 Å². The summed E-state index contributed by atoms with van der Waals surface area (Å²) in [6, 6.07) is 9.95. The van der Waals surface area contributed by atoms with Crippen molar-refractivity contribution >= 4 is 11.6 Å². The van der Waals surface area contributed by atoms with Gasteiger partial charge in [-0.25, -0.2) is 0 Å². The highest BCUT2D eigenvalue weighted by molar-refractivity contribution is 5.99. The molecule has 0 aliphatic carbocycles. The Bertz CT molecular complexity index is 489. The topological polar surface area (TPSA) is 56.1 Å². The van der Waals surface area contributed by atoms with Crippen LogP contribution in [0.15, 0.2) is 24.3 Å². The molecule has 108 valence electrons. The van der Waals surface area contributed by atoms with Crippen molar-refractivity contribution < 1.29 is 4.79 Å². The normalized spacial score (nSPS) is 10.4. The molecule has 0 radical (unpaired) electrons. The molecule has 4 heteroatoms. The Morgan fingerprint density at radius 3 is 2.50 bits per heavy atom. The van der Waals surface area contributed by atoms with E-state index in [0.717, 1.165) is 5.69 Å². The largest absolute Gasteiger partial charge is 0.382 e. The number of nitrogens with zero attached hydrogens (tertiary/aromatic N) is 2. The molecule has 0 heterocycles. The van der Waals surface area contributed by atoms with Gasteiger partial charge in [-0.2, -0.15) is 5.26 Å². The van der Waals surface area contributed by atoms with Crippen LogP contribution >= 0.6 is 0 Å². The summed E-state index contributed by atoms with van der Waals surface area (Å²) in [6.45, 7) is 8.47. The molecule has 20 heavy (non-hydrogen) atoms. The predicted octanol–water partition coefficient (Wildman–Crippen LogP) is 3.27. The SMILES string of the molecule is CC(C)Nc1ccccc1C(=O)N(CCC#N)C(C)C. The van der Waals surface area contributed by atoms with Crippen LogP contribution in [-0.2, 0) is 0 Å². The highest BCUT2D eigenvalue weighted by Crippen LogP contribution is 2.19. The van der Waals surface area contributed by atoms with Gasteiger partial charge in [0, 0.05) is 24.3 Å². The zero-order valence-electron chi connectivity index (χ0n) is 12.7. The van der Waals surface area contributed by atoms with E-state index in [1.165, 1.54) is 0 Å². The number of hydrogen-bond donors (Lipinski definition) is 1. The molecule has 4 nitrogen and oxygen atoms in total. The number of carbonyl (C=O) groups excluding carboxylic acids is 1. The number of carbonyl (C=O) groups is 1. The monoisotopic (exact) mass is 273 g/mol. The Kier molecular flexibility index (Phi) is 6.05. The second-order valence-electron chi connectivity index (χ2n) is 5.35. The van der Waals surface area contributed by atoms with E-state index in [1.807, 2.05) is 52.0 Å². The number of rotatable bonds is 6. The van der Waals surface area contributed by atoms with E-state index in [4.69, 9.17) is 5.26 Å². The van der Waals surface area contributed by atoms with Crippen LogP contribution in [0.3, 0.4) is 0 Å². The lowest BCUT2D eigenvalue weighted by Crippen LogP contribution is -2.38. The van der Waals surface area contributed by atoms with E-state index >= 15 is 0 Å². The summed E-state index contributed by atoms with van der Waals surface area (Å²) >= 11 is 0. The molecule has 1 rings (SSSR count). The van der Waals surface area contributed by atoms with Gasteiger partial charge in [0.15, 0.2) is 0 Å². The zero-order valence-corrected chi connectivity index (χ0v) is 12.7. The molecule has 1 amide bonds. The number of para-hydroxylation sites is 1. The lowest BCUT2D eigenvalue weighted by Gasteiger charge is -2.27. The van der Waals surface area contributed by atoms with Crippen molar-refractivity contribution in [3.63, 3.8) is 0 Å². The van der Waals surface area contributed by atoms with E-state index in [2.05, 4.69) is 11.4 Å². The Hall–Kier alpha value is -2.02. The van der Waals surface area contributed by atoms with Gasteiger partial charge in [-0.15, -0.1) is 0 Å². The Morgan fingerprint density at radius 2 is 1.95 bits per heavy atom. The minimum Gasteiger partial charge on any atom is -0.382 e. The highest BCUT2D eigenvalue weighted by atomic mass is 16.2. The van der Waals surface area contributed by atoms with Gasteiger partial charge >= 0.3 is 0 Å². The van der Waals surface area contributed by atoms with Gasteiger partial charge in [-0.05, 0) is 39.8 Å². The molecule has 0 saturated heterocycles. The summed E-state index contributed by atoms with van der Waals surface area (Å²) in [4.78, 5) is 14.4. The molecule has 0 saturated carbocycles. The van der Waals surface area contributed by atoms with Crippen LogP contribution in [0.1, 0.15) is 44.5 Å².